The smallest absolute Gasteiger partial charge is 0.319 e. The first-order valence-corrected chi connectivity index (χ1v) is 9.15. The Hall–Kier alpha value is -3.65. The molecule has 0 radical (unpaired) electrons. The number of halogens is 1. The Bertz CT molecular complexity index is 983. The lowest BCUT2D eigenvalue weighted by Crippen LogP contribution is -2.29. The summed E-state index contributed by atoms with van der Waals surface area (Å²) in [6, 6.07) is 13.4. The van der Waals surface area contributed by atoms with Crippen LogP contribution in [0.25, 0.3) is 0 Å². The van der Waals surface area contributed by atoms with Gasteiger partial charge in [0.05, 0.1) is 0 Å². The molecule has 148 valence electrons. The topological polar surface area (TPSA) is 108 Å². The summed E-state index contributed by atoms with van der Waals surface area (Å²) in [5.74, 6) is 0. The Kier molecular flexibility index (Phi) is 6.96. The number of carbonyl (C=O) groups is 2. The molecule has 9 heteroatoms. The van der Waals surface area contributed by atoms with Gasteiger partial charge in [-0.1, -0.05) is 23.7 Å². The summed E-state index contributed by atoms with van der Waals surface area (Å²) < 4.78 is 0. The van der Waals surface area contributed by atoms with Crippen LogP contribution in [0.4, 0.5) is 21.0 Å². The van der Waals surface area contributed by atoms with Crippen molar-refractivity contribution in [2.24, 2.45) is 0 Å². The molecule has 8 nitrogen and oxygen atoms in total. The van der Waals surface area contributed by atoms with E-state index in [0.717, 1.165) is 11.1 Å². The number of rotatable bonds is 6. The number of nitrogens with one attached hydrogen (secondary N) is 4. The van der Waals surface area contributed by atoms with Crippen molar-refractivity contribution in [1.29, 1.82) is 0 Å². The molecule has 0 saturated heterocycles. The molecule has 0 aliphatic heterocycles. The molecule has 0 fully saturated rings. The van der Waals surface area contributed by atoms with Gasteiger partial charge in [0, 0.05) is 43.1 Å². The number of benzene rings is 1. The minimum absolute atomic E-state index is 0.290. The molecule has 1 aromatic carbocycles. The summed E-state index contributed by atoms with van der Waals surface area (Å²) in [6.07, 6.45) is 4.85. The number of carbonyl (C=O) groups excluding carboxylic acids is 2. The Morgan fingerprint density at radius 1 is 0.793 bits per heavy atom. The first kappa shape index (κ1) is 20.1. The standard InChI is InChI=1S/C20H19ClN6O2/c21-18-11-17(6-9-23-18)27-20(29)25-13-15-2-1-3-16(10-15)26-19(28)24-12-14-4-7-22-8-5-14/h1-11H,12-13H2,(H2,24,26,28)(H2,23,25,27,29). The third kappa shape index (κ3) is 6.78. The molecule has 3 aromatic rings. The zero-order valence-corrected chi connectivity index (χ0v) is 16.1. The summed E-state index contributed by atoms with van der Waals surface area (Å²) in [4.78, 5) is 31.9. The van der Waals surface area contributed by atoms with Crippen LogP contribution >= 0.6 is 11.6 Å². The van der Waals surface area contributed by atoms with Crippen molar-refractivity contribution < 1.29 is 9.59 Å². The first-order chi connectivity index (χ1) is 14.1. The highest BCUT2D eigenvalue weighted by Crippen LogP contribution is 2.13. The highest BCUT2D eigenvalue weighted by Gasteiger charge is 2.05. The number of aromatic nitrogens is 2. The molecule has 0 aliphatic rings. The number of anilines is 2. The van der Waals surface area contributed by atoms with E-state index in [0.29, 0.717) is 29.6 Å². The Morgan fingerprint density at radius 3 is 2.14 bits per heavy atom. The maximum absolute atomic E-state index is 12.1. The third-order valence-electron chi connectivity index (χ3n) is 3.82. The van der Waals surface area contributed by atoms with Gasteiger partial charge < -0.3 is 21.3 Å². The average molecular weight is 411 g/mol. The summed E-state index contributed by atoms with van der Waals surface area (Å²) >= 11 is 5.79. The monoisotopic (exact) mass is 410 g/mol. The first-order valence-electron chi connectivity index (χ1n) is 8.77. The number of amides is 4. The zero-order valence-electron chi connectivity index (χ0n) is 15.4. The highest BCUT2D eigenvalue weighted by atomic mass is 35.5. The normalized spacial score (nSPS) is 10.1. The van der Waals surface area contributed by atoms with Crippen molar-refractivity contribution in [3.63, 3.8) is 0 Å². The molecule has 2 heterocycles. The van der Waals surface area contributed by atoms with Gasteiger partial charge in [-0.25, -0.2) is 14.6 Å². The average Bonchev–Trinajstić information content (AvgIpc) is 2.72. The number of pyridine rings is 2. The van der Waals surface area contributed by atoms with E-state index in [4.69, 9.17) is 11.6 Å². The molecule has 2 aromatic heterocycles. The lowest BCUT2D eigenvalue weighted by molar-refractivity contribution is 0.251. The van der Waals surface area contributed by atoms with Gasteiger partial charge in [-0.2, -0.15) is 0 Å². The van der Waals surface area contributed by atoms with Crippen LogP contribution in [0.3, 0.4) is 0 Å². The zero-order chi connectivity index (χ0) is 20.5. The predicted octanol–water partition coefficient (Wildman–Crippen LogP) is 3.77. The lowest BCUT2D eigenvalue weighted by atomic mass is 10.2. The second kappa shape index (κ2) is 10.0. The molecule has 4 N–H and O–H groups in total. The highest BCUT2D eigenvalue weighted by molar-refractivity contribution is 6.29. The van der Waals surface area contributed by atoms with E-state index in [1.807, 2.05) is 18.2 Å². The summed E-state index contributed by atoms with van der Waals surface area (Å²) in [7, 11) is 0. The van der Waals surface area contributed by atoms with Gasteiger partial charge >= 0.3 is 12.1 Å². The molecule has 0 bridgehead atoms. The number of hydrogen-bond acceptors (Lipinski definition) is 4. The lowest BCUT2D eigenvalue weighted by Gasteiger charge is -2.10. The van der Waals surface area contributed by atoms with Crippen LogP contribution in [-0.2, 0) is 13.1 Å². The molecule has 3 rings (SSSR count). The fraction of sp³-hybridized carbons (Fsp3) is 0.100. The van der Waals surface area contributed by atoms with Gasteiger partial charge in [-0.3, -0.25) is 4.98 Å². The fourth-order valence-electron chi connectivity index (χ4n) is 2.46. The quantitative estimate of drug-likeness (QED) is 0.464. The van der Waals surface area contributed by atoms with Crippen molar-refractivity contribution in [2.75, 3.05) is 10.6 Å². The number of nitrogens with zero attached hydrogens (tertiary/aromatic N) is 2. The molecule has 0 aliphatic carbocycles. The maximum atomic E-state index is 12.1. The van der Waals surface area contributed by atoms with Gasteiger partial charge in [0.15, 0.2) is 0 Å². The van der Waals surface area contributed by atoms with Crippen molar-refractivity contribution in [1.82, 2.24) is 20.6 Å². The summed E-state index contributed by atoms with van der Waals surface area (Å²) in [5.41, 5.74) is 2.95. The minimum Gasteiger partial charge on any atom is -0.334 e. The molecular weight excluding hydrogens is 392 g/mol. The van der Waals surface area contributed by atoms with E-state index in [-0.39, 0.29) is 12.1 Å². The Morgan fingerprint density at radius 2 is 1.45 bits per heavy atom. The second-order valence-corrected chi connectivity index (χ2v) is 6.43. The summed E-state index contributed by atoms with van der Waals surface area (Å²) in [5, 5.41) is 11.3. The van der Waals surface area contributed by atoms with E-state index in [1.54, 1.807) is 42.7 Å². The molecule has 0 atom stereocenters. The van der Waals surface area contributed by atoms with E-state index in [1.165, 1.54) is 6.20 Å². The summed E-state index contributed by atoms with van der Waals surface area (Å²) in [6.45, 7) is 0.688. The van der Waals surface area contributed by atoms with Crippen molar-refractivity contribution in [2.45, 2.75) is 13.1 Å². The number of urea groups is 2. The van der Waals surface area contributed by atoms with E-state index in [2.05, 4.69) is 31.2 Å². The van der Waals surface area contributed by atoms with Crippen LogP contribution in [0.15, 0.2) is 67.1 Å². The van der Waals surface area contributed by atoms with Crippen molar-refractivity contribution >= 4 is 35.0 Å². The molecular formula is C20H19ClN6O2. The van der Waals surface area contributed by atoms with Gasteiger partial charge in [-0.15, -0.1) is 0 Å². The van der Waals surface area contributed by atoms with Crippen LogP contribution in [0.5, 0.6) is 0 Å². The van der Waals surface area contributed by atoms with Gasteiger partial charge in [0.2, 0.25) is 0 Å². The third-order valence-corrected chi connectivity index (χ3v) is 4.03. The van der Waals surface area contributed by atoms with Gasteiger partial charge in [-0.05, 0) is 47.5 Å². The molecule has 0 spiro atoms. The van der Waals surface area contributed by atoms with Crippen LogP contribution in [-0.4, -0.2) is 22.0 Å². The molecule has 0 saturated carbocycles. The van der Waals surface area contributed by atoms with Gasteiger partial charge in [0.25, 0.3) is 0 Å². The van der Waals surface area contributed by atoms with Crippen LogP contribution in [0.2, 0.25) is 5.15 Å². The second-order valence-electron chi connectivity index (χ2n) is 6.04. The van der Waals surface area contributed by atoms with Crippen LogP contribution < -0.4 is 21.3 Å². The van der Waals surface area contributed by atoms with Crippen molar-refractivity contribution in [3.05, 3.63) is 83.4 Å². The van der Waals surface area contributed by atoms with Gasteiger partial charge in [0.1, 0.15) is 5.15 Å². The van der Waals surface area contributed by atoms with E-state index in [9.17, 15) is 9.59 Å². The Balaban J connectivity index is 1.47. The SMILES string of the molecule is O=C(NCc1ccncc1)Nc1cccc(CNC(=O)Nc2ccnc(Cl)c2)c1. The van der Waals surface area contributed by atoms with Crippen LogP contribution in [0.1, 0.15) is 11.1 Å². The molecule has 0 unspecified atom stereocenters. The van der Waals surface area contributed by atoms with E-state index >= 15 is 0 Å². The van der Waals surface area contributed by atoms with Crippen LogP contribution in [0, 0.1) is 0 Å². The minimum atomic E-state index is -0.374. The molecule has 4 amide bonds. The fourth-order valence-corrected chi connectivity index (χ4v) is 2.63. The Labute approximate surface area is 172 Å². The maximum Gasteiger partial charge on any atom is 0.319 e. The predicted molar refractivity (Wildman–Crippen MR) is 112 cm³/mol. The number of hydrogen-bond donors (Lipinski definition) is 4. The van der Waals surface area contributed by atoms with Crippen molar-refractivity contribution in [3.8, 4) is 0 Å². The van der Waals surface area contributed by atoms with E-state index < -0.39 is 0 Å². The molecule has 29 heavy (non-hydrogen) atoms. The largest absolute Gasteiger partial charge is 0.334 e.